The molecule has 2 aromatic carbocycles. The number of likely N-dealkylation sites (tertiary alicyclic amines) is 1. The van der Waals surface area contributed by atoms with Crippen LogP contribution in [0.4, 0.5) is 23.1 Å². The maximum Gasteiger partial charge on any atom is 0.229 e. The average Bonchev–Trinajstić information content (AvgIpc) is 3.35. The lowest BCUT2D eigenvalue weighted by Gasteiger charge is -2.15. The van der Waals surface area contributed by atoms with E-state index in [2.05, 4.69) is 25.5 Å². The van der Waals surface area contributed by atoms with Crippen molar-refractivity contribution in [3.63, 3.8) is 0 Å². The van der Waals surface area contributed by atoms with Crippen molar-refractivity contribution < 1.29 is 4.74 Å². The Morgan fingerprint density at radius 1 is 0.939 bits per heavy atom. The molecule has 7 heteroatoms. The lowest BCUT2D eigenvalue weighted by molar-refractivity contribution is 0.238. The van der Waals surface area contributed by atoms with Crippen molar-refractivity contribution in [2.24, 2.45) is 0 Å². The van der Waals surface area contributed by atoms with Gasteiger partial charge in [-0.3, -0.25) is 4.90 Å². The van der Waals surface area contributed by atoms with Crippen LogP contribution < -0.4 is 15.4 Å². The predicted octanol–water partition coefficient (Wildman–Crippen LogP) is 6.73. The predicted molar refractivity (Wildman–Crippen MR) is 138 cm³/mol. The minimum atomic E-state index is 0.522. The highest BCUT2D eigenvalue weighted by atomic mass is 35.5. The maximum atomic E-state index is 6.24. The third-order valence-electron chi connectivity index (χ3n) is 5.39. The topological polar surface area (TPSA) is 62.3 Å². The summed E-state index contributed by atoms with van der Waals surface area (Å²) in [5, 5.41) is 7.30. The Balaban J connectivity index is 0.00000149. The first-order chi connectivity index (χ1) is 16.1. The lowest BCUT2D eigenvalue weighted by atomic mass is 10.2. The van der Waals surface area contributed by atoms with Crippen LogP contribution in [0.15, 0.2) is 48.7 Å². The molecule has 0 atom stereocenters. The highest BCUT2D eigenvalue weighted by Crippen LogP contribution is 2.25. The summed E-state index contributed by atoms with van der Waals surface area (Å²) >= 11 is 6.24. The van der Waals surface area contributed by atoms with E-state index in [0.29, 0.717) is 12.6 Å². The minimum Gasteiger partial charge on any atom is -0.492 e. The Kier molecular flexibility index (Phi) is 9.34. The number of hydrogen-bond acceptors (Lipinski definition) is 6. The lowest BCUT2D eigenvalue weighted by Crippen LogP contribution is -2.25. The molecular formula is C26H34ClN5O. The van der Waals surface area contributed by atoms with Crippen LogP contribution in [0.1, 0.15) is 37.8 Å². The van der Waals surface area contributed by atoms with Gasteiger partial charge in [-0.05, 0) is 81.7 Å². The molecule has 0 bridgehead atoms. The number of aromatic nitrogens is 2. The second-order valence-electron chi connectivity index (χ2n) is 7.86. The number of halogens is 1. The van der Waals surface area contributed by atoms with Crippen LogP contribution in [0.5, 0.6) is 5.75 Å². The molecule has 2 heterocycles. The summed E-state index contributed by atoms with van der Waals surface area (Å²) < 4.78 is 5.87. The van der Waals surface area contributed by atoms with Gasteiger partial charge in [0.2, 0.25) is 5.95 Å². The van der Waals surface area contributed by atoms with Crippen molar-refractivity contribution in [2.75, 3.05) is 36.9 Å². The van der Waals surface area contributed by atoms with Crippen molar-refractivity contribution in [1.29, 1.82) is 0 Å². The van der Waals surface area contributed by atoms with Gasteiger partial charge in [0.25, 0.3) is 0 Å². The first-order valence-corrected chi connectivity index (χ1v) is 12.0. The Morgan fingerprint density at radius 3 is 2.33 bits per heavy atom. The molecule has 176 valence electrons. The SMILES string of the molecule is CC.Cc1ccc(Nc2nc(Nc3ccc(OCCN4CCCC4)cc3)ncc2C)cc1Cl. The molecule has 1 aliphatic rings. The van der Waals surface area contributed by atoms with E-state index in [1.165, 1.54) is 25.9 Å². The first-order valence-electron chi connectivity index (χ1n) is 11.7. The van der Waals surface area contributed by atoms with E-state index < -0.39 is 0 Å². The molecule has 0 radical (unpaired) electrons. The number of benzene rings is 2. The van der Waals surface area contributed by atoms with Crippen molar-refractivity contribution in [3.8, 4) is 5.75 Å². The van der Waals surface area contributed by atoms with Gasteiger partial charge in [-0.15, -0.1) is 0 Å². The molecule has 1 fully saturated rings. The molecule has 3 aromatic rings. The number of anilines is 4. The van der Waals surface area contributed by atoms with E-state index in [0.717, 1.165) is 45.6 Å². The van der Waals surface area contributed by atoms with E-state index in [1.54, 1.807) is 6.20 Å². The van der Waals surface area contributed by atoms with Crippen LogP contribution in [0.2, 0.25) is 5.02 Å². The molecule has 0 unspecified atom stereocenters. The zero-order valence-electron chi connectivity index (χ0n) is 20.0. The highest BCUT2D eigenvalue weighted by Gasteiger charge is 2.11. The van der Waals surface area contributed by atoms with Crippen LogP contribution in [0.3, 0.4) is 0 Å². The van der Waals surface area contributed by atoms with E-state index >= 15 is 0 Å². The van der Waals surface area contributed by atoms with Crippen LogP contribution >= 0.6 is 11.6 Å². The second-order valence-corrected chi connectivity index (χ2v) is 8.27. The monoisotopic (exact) mass is 467 g/mol. The van der Waals surface area contributed by atoms with Crippen molar-refractivity contribution in [3.05, 3.63) is 64.8 Å². The third kappa shape index (κ3) is 7.34. The van der Waals surface area contributed by atoms with Gasteiger partial charge in [-0.25, -0.2) is 4.98 Å². The fourth-order valence-electron chi connectivity index (χ4n) is 3.50. The second kappa shape index (κ2) is 12.4. The summed E-state index contributed by atoms with van der Waals surface area (Å²) in [5.41, 5.74) is 3.78. The fourth-order valence-corrected chi connectivity index (χ4v) is 3.68. The molecule has 0 amide bonds. The smallest absolute Gasteiger partial charge is 0.229 e. The largest absolute Gasteiger partial charge is 0.492 e. The maximum absolute atomic E-state index is 6.24. The number of nitrogens with one attached hydrogen (secondary N) is 2. The van der Waals surface area contributed by atoms with E-state index in [9.17, 15) is 0 Å². The van der Waals surface area contributed by atoms with E-state index in [-0.39, 0.29) is 0 Å². The number of nitrogens with zero attached hydrogens (tertiary/aromatic N) is 3. The number of ether oxygens (including phenoxy) is 1. The third-order valence-corrected chi connectivity index (χ3v) is 5.80. The van der Waals surface area contributed by atoms with Crippen molar-refractivity contribution >= 4 is 34.7 Å². The van der Waals surface area contributed by atoms with Gasteiger partial charge < -0.3 is 15.4 Å². The highest BCUT2D eigenvalue weighted by molar-refractivity contribution is 6.31. The van der Waals surface area contributed by atoms with Gasteiger partial charge in [0.1, 0.15) is 18.2 Å². The van der Waals surface area contributed by atoms with Gasteiger partial charge in [-0.1, -0.05) is 31.5 Å². The van der Waals surface area contributed by atoms with Crippen LogP contribution in [0.25, 0.3) is 0 Å². The molecule has 4 rings (SSSR count). The van der Waals surface area contributed by atoms with E-state index in [1.807, 2.05) is 70.2 Å². The molecule has 1 aliphatic heterocycles. The first kappa shape index (κ1) is 24.8. The average molecular weight is 468 g/mol. The summed E-state index contributed by atoms with van der Waals surface area (Å²) in [5.74, 6) is 2.13. The molecule has 2 N–H and O–H groups in total. The summed E-state index contributed by atoms with van der Waals surface area (Å²) in [6.07, 6.45) is 4.40. The molecule has 6 nitrogen and oxygen atoms in total. The standard InChI is InChI=1S/C24H28ClN5O.C2H6/c1-17-5-6-20(15-22(17)25)27-23-18(2)16-26-24(29-23)28-19-7-9-21(10-8-19)31-14-13-30-11-3-4-12-30;1-2/h5-10,15-16H,3-4,11-14H2,1-2H3,(H2,26,27,28,29);1-2H3. The summed E-state index contributed by atoms with van der Waals surface area (Å²) in [6.45, 7) is 12.0. The van der Waals surface area contributed by atoms with Gasteiger partial charge in [0.05, 0.1) is 0 Å². The molecule has 33 heavy (non-hydrogen) atoms. The van der Waals surface area contributed by atoms with Crippen molar-refractivity contribution in [1.82, 2.24) is 14.9 Å². The van der Waals surface area contributed by atoms with E-state index in [4.69, 9.17) is 16.3 Å². The van der Waals surface area contributed by atoms with Crippen LogP contribution in [-0.4, -0.2) is 41.1 Å². The summed E-state index contributed by atoms with van der Waals surface area (Å²) in [7, 11) is 0. The zero-order chi connectivity index (χ0) is 23.6. The number of aryl methyl sites for hydroxylation is 2. The van der Waals surface area contributed by atoms with Gasteiger partial charge >= 0.3 is 0 Å². The summed E-state index contributed by atoms with van der Waals surface area (Å²) in [6, 6.07) is 13.7. The molecule has 0 saturated carbocycles. The molecule has 0 aliphatic carbocycles. The molecule has 1 saturated heterocycles. The fraction of sp³-hybridized carbons (Fsp3) is 0.385. The van der Waals surface area contributed by atoms with Crippen molar-refractivity contribution in [2.45, 2.75) is 40.5 Å². The molecule has 0 spiro atoms. The summed E-state index contributed by atoms with van der Waals surface area (Å²) in [4.78, 5) is 11.5. The molecule has 1 aromatic heterocycles. The van der Waals surface area contributed by atoms with Gasteiger partial charge in [-0.2, -0.15) is 4.98 Å². The number of hydrogen-bond donors (Lipinski definition) is 2. The van der Waals surface area contributed by atoms with Crippen LogP contribution in [0, 0.1) is 13.8 Å². The Hall–Kier alpha value is -2.83. The Bertz CT molecular complexity index is 1020. The van der Waals surface area contributed by atoms with Gasteiger partial charge in [0, 0.05) is 34.7 Å². The zero-order valence-corrected chi connectivity index (χ0v) is 20.7. The normalized spacial score (nSPS) is 13.2. The van der Waals surface area contributed by atoms with Gasteiger partial charge in [0.15, 0.2) is 0 Å². The molecular weight excluding hydrogens is 434 g/mol. The quantitative estimate of drug-likeness (QED) is 0.382. The number of rotatable bonds is 8. The van der Waals surface area contributed by atoms with Crippen LogP contribution in [-0.2, 0) is 0 Å². The Labute approximate surface area is 202 Å². The minimum absolute atomic E-state index is 0.522. The Morgan fingerprint density at radius 2 is 1.64 bits per heavy atom.